The van der Waals surface area contributed by atoms with Crippen LogP contribution in [0.3, 0.4) is 0 Å². The molecule has 1 aromatic carbocycles. The Morgan fingerprint density at radius 3 is 2.44 bits per heavy atom. The molecule has 0 saturated heterocycles. The lowest BCUT2D eigenvalue weighted by Gasteiger charge is -2.26. The van der Waals surface area contributed by atoms with Gasteiger partial charge in [-0.2, -0.15) is 0 Å². The molecule has 0 radical (unpaired) electrons. The Labute approximate surface area is 97.5 Å². The maximum Gasteiger partial charge on any atom is 0.120 e. The predicted molar refractivity (Wildman–Crippen MR) is 66.5 cm³/mol. The van der Waals surface area contributed by atoms with Gasteiger partial charge in [-0.1, -0.05) is 32.8 Å². The van der Waals surface area contributed by atoms with E-state index in [4.69, 9.17) is 5.73 Å². The van der Waals surface area contributed by atoms with E-state index in [2.05, 4.69) is 19.9 Å². The first-order chi connectivity index (χ1) is 7.53. The highest BCUT2D eigenvalue weighted by Gasteiger charge is 2.33. The molecule has 0 heterocycles. The fraction of sp³-hybridized carbons (Fsp3) is 0.571. The van der Waals surface area contributed by atoms with Gasteiger partial charge in [-0.25, -0.2) is 0 Å². The lowest BCUT2D eigenvalue weighted by molar-refractivity contribution is 0.408. The number of hydrogen-bond donors (Lipinski definition) is 2. The number of rotatable bonds is 2. The Bertz CT molecular complexity index is 378. The van der Waals surface area contributed by atoms with E-state index < -0.39 is 0 Å². The van der Waals surface area contributed by atoms with Crippen LogP contribution in [0.5, 0.6) is 5.75 Å². The number of hydrogen-bond acceptors (Lipinski definition) is 2. The number of aromatic hydroxyl groups is 1. The van der Waals surface area contributed by atoms with Crippen molar-refractivity contribution in [2.24, 2.45) is 5.73 Å². The summed E-state index contributed by atoms with van der Waals surface area (Å²) in [6.45, 7) is 4.32. The summed E-state index contributed by atoms with van der Waals surface area (Å²) in [5.41, 5.74) is 8.29. The summed E-state index contributed by atoms with van der Waals surface area (Å²) in [7, 11) is 0. The molecule has 88 valence electrons. The fourth-order valence-corrected chi connectivity index (χ4v) is 2.59. The lowest BCUT2D eigenvalue weighted by atomic mass is 9.86. The number of nitrogens with two attached hydrogens (primary N) is 1. The second-order valence-electron chi connectivity index (χ2n) is 5.29. The minimum absolute atomic E-state index is 0.297. The van der Waals surface area contributed by atoms with E-state index in [0.29, 0.717) is 11.7 Å². The second-order valence-corrected chi connectivity index (χ2v) is 5.29. The van der Waals surface area contributed by atoms with Crippen molar-refractivity contribution < 1.29 is 5.11 Å². The third-order valence-electron chi connectivity index (χ3n) is 3.72. The van der Waals surface area contributed by atoms with Crippen LogP contribution in [0, 0.1) is 0 Å². The van der Waals surface area contributed by atoms with E-state index in [1.54, 1.807) is 6.07 Å². The van der Waals surface area contributed by atoms with Gasteiger partial charge in [0, 0.05) is 11.1 Å². The molecule has 0 spiro atoms. The zero-order valence-electron chi connectivity index (χ0n) is 10.2. The molecule has 0 aromatic heterocycles. The molecule has 3 N–H and O–H groups in total. The second kappa shape index (κ2) is 4.10. The summed E-state index contributed by atoms with van der Waals surface area (Å²) < 4.78 is 0. The molecule has 1 saturated carbocycles. The summed E-state index contributed by atoms with van der Waals surface area (Å²) in [4.78, 5) is 0. The van der Waals surface area contributed by atoms with Crippen molar-refractivity contribution in [3.8, 4) is 5.75 Å². The first-order valence-electron chi connectivity index (χ1n) is 6.15. The molecule has 2 rings (SSSR count). The standard InChI is InChI=1S/C14H21NO/c1-10(2)11-5-6-13(16)12(9-11)14(15)7-3-4-8-14/h5-6,9-10,16H,3-4,7-8,15H2,1-2H3. The van der Waals surface area contributed by atoms with Crippen molar-refractivity contribution in [2.45, 2.75) is 51.0 Å². The predicted octanol–water partition coefficient (Wildman–Crippen LogP) is 3.24. The van der Waals surface area contributed by atoms with Crippen LogP contribution in [-0.2, 0) is 5.54 Å². The molecule has 1 aliphatic carbocycles. The van der Waals surface area contributed by atoms with Gasteiger partial charge in [0.2, 0.25) is 0 Å². The van der Waals surface area contributed by atoms with E-state index in [-0.39, 0.29) is 5.54 Å². The van der Waals surface area contributed by atoms with Crippen LogP contribution in [0.15, 0.2) is 18.2 Å². The summed E-state index contributed by atoms with van der Waals surface area (Å²) in [6, 6.07) is 5.87. The van der Waals surface area contributed by atoms with E-state index in [9.17, 15) is 5.11 Å². The molecule has 2 heteroatoms. The van der Waals surface area contributed by atoms with Crippen LogP contribution in [0.1, 0.15) is 56.6 Å². The van der Waals surface area contributed by atoms with Crippen LogP contribution in [0.4, 0.5) is 0 Å². The maximum atomic E-state index is 9.96. The van der Waals surface area contributed by atoms with E-state index >= 15 is 0 Å². The van der Waals surface area contributed by atoms with Gasteiger partial charge in [0.25, 0.3) is 0 Å². The molecule has 0 unspecified atom stereocenters. The molecular formula is C14H21NO. The molecule has 1 fully saturated rings. The minimum atomic E-state index is -0.297. The van der Waals surface area contributed by atoms with Crippen molar-refractivity contribution in [1.82, 2.24) is 0 Å². The molecule has 0 bridgehead atoms. The molecule has 1 aliphatic rings. The SMILES string of the molecule is CC(C)c1ccc(O)c(C2(N)CCCC2)c1. The number of phenols is 1. The van der Waals surface area contributed by atoms with Crippen LogP contribution in [0.2, 0.25) is 0 Å². The highest BCUT2D eigenvalue weighted by Crippen LogP contribution is 2.41. The van der Waals surface area contributed by atoms with E-state index in [1.807, 2.05) is 6.07 Å². The van der Waals surface area contributed by atoms with Crippen molar-refractivity contribution >= 4 is 0 Å². The number of phenolic OH excluding ortho intramolecular Hbond substituents is 1. The van der Waals surface area contributed by atoms with Crippen molar-refractivity contribution in [3.05, 3.63) is 29.3 Å². The largest absolute Gasteiger partial charge is 0.508 e. The molecule has 0 aliphatic heterocycles. The van der Waals surface area contributed by atoms with E-state index in [0.717, 1.165) is 18.4 Å². The van der Waals surface area contributed by atoms with Crippen molar-refractivity contribution in [3.63, 3.8) is 0 Å². The number of benzene rings is 1. The molecule has 0 atom stereocenters. The first kappa shape index (κ1) is 11.5. The maximum absolute atomic E-state index is 9.96. The summed E-state index contributed by atoms with van der Waals surface area (Å²) in [6.07, 6.45) is 4.31. The van der Waals surface area contributed by atoms with E-state index in [1.165, 1.54) is 18.4 Å². The average Bonchev–Trinajstić information content (AvgIpc) is 2.66. The molecule has 16 heavy (non-hydrogen) atoms. The minimum Gasteiger partial charge on any atom is -0.508 e. The zero-order valence-corrected chi connectivity index (χ0v) is 10.2. The van der Waals surface area contributed by atoms with Gasteiger partial charge in [0.05, 0.1) is 0 Å². The molecule has 1 aromatic rings. The topological polar surface area (TPSA) is 46.2 Å². The highest BCUT2D eigenvalue weighted by atomic mass is 16.3. The fourth-order valence-electron chi connectivity index (χ4n) is 2.59. The monoisotopic (exact) mass is 219 g/mol. The van der Waals surface area contributed by atoms with Gasteiger partial charge in [-0.05, 0) is 36.5 Å². The van der Waals surface area contributed by atoms with Gasteiger partial charge in [-0.15, -0.1) is 0 Å². The Kier molecular flexibility index (Phi) is 2.94. The lowest BCUT2D eigenvalue weighted by Crippen LogP contribution is -2.33. The van der Waals surface area contributed by atoms with Gasteiger partial charge >= 0.3 is 0 Å². The third-order valence-corrected chi connectivity index (χ3v) is 3.72. The van der Waals surface area contributed by atoms with Crippen LogP contribution >= 0.6 is 0 Å². The highest BCUT2D eigenvalue weighted by molar-refractivity contribution is 5.42. The Morgan fingerprint density at radius 1 is 1.25 bits per heavy atom. The Balaban J connectivity index is 2.42. The molecule has 2 nitrogen and oxygen atoms in total. The zero-order chi connectivity index (χ0) is 11.8. The summed E-state index contributed by atoms with van der Waals surface area (Å²) in [5.74, 6) is 0.832. The quantitative estimate of drug-likeness (QED) is 0.802. The average molecular weight is 219 g/mol. The van der Waals surface area contributed by atoms with Gasteiger partial charge in [-0.3, -0.25) is 0 Å². The summed E-state index contributed by atoms with van der Waals surface area (Å²) >= 11 is 0. The van der Waals surface area contributed by atoms with Crippen LogP contribution in [0.25, 0.3) is 0 Å². The third kappa shape index (κ3) is 1.94. The van der Waals surface area contributed by atoms with Crippen LogP contribution in [-0.4, -0.2) is 5.11 Å². The normalized spacial score (nSPS) is 19.2. The van der Waals surface area contributed by atoms with Crippen LogP contribution < -0.4 is 5.73 Å². The summed E-state index contributed by atoms with van der Waals surface area (Å²) in [5, 5.41) is 9.96. The molecule has 0 amide bonds. The van der Waals surface area contributed by atoms with Crippen molar-refractivity contribution in [2.75, 3.05) is 0 Å². The Hall–Kier alpha value is -1.02. The van der Waals surface area contributed by atoms with Gasteiger partial charge in [0.1, 0.15) is 5.75 Å². The first-order valence-corrected chi connectivity index (χ1v) is 6.15. The smallest absolute Gasteiger partial charge is 0.120 e. The Morgan fingerprint density at radius 2 is 1.88 bits per heavy atom. The van der Waals surface area contributed by atoms with Crippen molar-refractivity contribution in [1.29, 1.82) is 0 Å². The molecular weight excluding hydrogens is 198 g/mol. The van der Waals surface area contributed by atoms with Gasteiger partial charge in [0.15, 0.2) is 0 Å². The van der Waals surface area contributed by atoms with Gasteiger partial charge < -0.3 is 10.8 Å².